The Morgan fingerprint density at radius 2 is 1.74 bits per heavy atom. The molecule has 1 heterocycles. The first-order valence-electron chi connectivity index (χ1n) is 8.59. The summed E-state index contributed by atoms with van der Waals surface area (Å²) in [5.41, 5.74) is 0.00735. The third kappa shape index (κ3) is 5.24. The molecule has 11 heteroatoms. The topological polar surface area (TPSA) is 80.8 Å². The van der Waals surface area contributed by atoms with E-state index in [2.05, 4.69) is 0 Å². The van der Waals surface area contributed by atoms with Gasteiger partial charge < -0.3 is 4.74 Å². The number of Topliss-reactive ketones (excluding diaryl/α,β-unsaturated/α-hetero) is 1. The van der Waals surface area contributed by atoms with Crippen LogP contribution in [0.1, 0.15) is 20.0 Å². The normalized spacial score (nSPS) is 11.2. The van der Waals surface area contributed by atoms with Gasteiger partial charge in [-0.2, -0.15) is 0 Å². The van der Waals surface area contributed by atoms with Crippen molar-refractivity contribution >= 4 is 62.0 Å². The van der Waals surface area contributed by atoms with Gasteiger partial charge in [-0.25, -0.2) is 17.6 Å². The molecule has 3 aromatic rings. The molecule has 1 aromatic heterocycles. The van der Waals surface area contributed by atoms with Gasteiger partial charge in [0.25, 0.3) is 10.0 Å². The van der Waals surface area contributed by atoms with Gasteiger partial charge in [-0.15, -0.1) is 11.3 Å². The largest absolute Gasteiger partial charge is 0.454 e. The molecule has 0 atom stereocenters. The summed E-state index contributed by atoms with van der Waals surface area (Å²) in [6.45, 7) is -0.557. The average Bonchev–Trinajstić information content (AvgIpc) is 3.18. The van der Waals surface area contributed by atoms with Crippen LogP contribution in [0.25, 0.3) is 0 Å². The highest BCUT2D eigenvalue weighted by Gasteiger charge is 2.25. The van der Waals surface area contributed by atoms with Crippen molar-refractivity contribution in [2.75, 3.05) is 18.0 Å². The standard InChI is InChI=1S/C20H14Cl2FNO5S2/c1-24(13-4-2-12(23)3-5-13)31(27,28)14-6-7-16(21)15(10-14)20(26)29-11-17(25)18-8-9-19(22)30-18/h2-10H,11H2,1H3. The molecule has 2 aromatic carbocycles. The Balaban J connectivity index is 1.80. The molecule has 0 fully saturated rings. The molecule has 0 bridgehead atoms. The van der Waals surface area contributed by atoms with Gasteiger partial charge in [-0.1, -0.05) is 23.2 Å². The van der Waals surface area contributed by atoms with Crippen LogP contribution in [0.5, 0.6) is 0 Å². The van der Waals surface area contributed by atoms with E-state index in [0.29, 0.717) is 9.21 Å². The molecule has 31 heavy (non-hydrogen) atoms. The van der Waals surface area contributed by atoms with E-state index in [1.807, 2.05) is 0 Å². The summed E-state index contributed by atoms with van der Waals surface area (Å²) < 4.78 is 45.3. The van der Waals surface area contributed by atoms with Gasteiger partial charge in [-0.05, 0) is 54.6 Å². The van der Waals surface area contributed by atoms with Crippen molar-refractivity contribution in [1.82, 2.24) is 0 Å². The number of carbonyl (C=O) groups is 2. The van der Waals surface area contributed by atoms with Crippen LogP contribution in [0.15, 0.2) is 59.5 Å². The quantitative estimate of drug-likeness (QED) is 0.333. The number of rotatable bonds is 7. The minimum Gasteiger partial charge on any atom is -0.454 e. The highest BCUT2D eigenvalue weighted by molar-refractivity contribution is 7.92. The number of benzene rings is 2. The lowest BCUT2D eigenvalue weighted by Gasteiger charge is -2.20. The monoisotopic (exact) mass is 501 g/mol. The second kappa shape index (κ2) is 9.35. The molecular formula is C20H14Cl2FNO5S2. The maximum Gasteiger partial charge on any atom is 0.340 e. The van der Waals surface area contributed by atoms with Crippen LogP contribution in [-0.2, 0) is 14.8 Å². The molecule has 0 aliphatic rings. The van der Waals surface area contributed by atoms with Crippen LogP contribution in [0.2, 0.25) is 9.36 Å². The maximum absolute atomic E-state index is 13.1. The van der Waals surface area contributed by atoms with Crippen LogP contribution in [0.4, 0.5) is 10.1 Å². The maximum atomic E-state index is 13.1. The molecule has 0 aliphatic carbocycles. The molecule has 6 nitrogen and oxygen atoms in total. The van der Waals surface area contributed by atoms with Crippen molar-refractivity contribution in [2.24, 2.45) is 0 Å². The van der Waals surface area contributed by atoms with Crippen molar-refractivity contribution < 1.29 is 27.1 Å². The zero-order chi connectivity index (χ0) is 22.8. The first-order chi connectivity index (χ1) is 14.6. The number of ether oxygens (including phenoxy) is 1. The Hall–Kier alpha value is -2.46. The van der Waals surface area contributed by atoms with Gasteiger partial charge in [0.05, 0.1) is 30.4 Å². The lowest BCUT2D eigenvalue weighted by atomic mass is 10.2. The molecule has 0 spiro atoms. The van der Waals surface area contributed by atoms with Gasteiger partial charge in [0.2, 0.25) is 5.78 Å². The predicted octanol–water partition coefficient (Wildman–Crippen LogP) is 5.06. The van der Waals surface area contributed by atoms with Gasteiger partial charge in [0, 0.05) is 7.05 Å². The number of esters is 1. The van der Waals surface area contributed by atoms with Crippen LogP contribution >= 0.6 is 34.5 Å². The zero-order valence-corrected chi connectivity index (χ0v) is 19.0. The first-order valence-corrected chi connectivity index (χ1v) is 11.6. The Morgan fingerprint density at radius 3 is 2.35 bits per heavy atom. The highest BCUT2D eigenvalue weighted by atomic mass is 35.5. The summed E-state index contributed by atoms with van der Waals surface area (Å²) in [5.74, 6) is -1.92. The number of anilines is 1. The number of hydrogen-bond donors (Lipinski definition) is 0. The van der Waals surface area contributed by atoms with Crippen molar-refractivity contribution in [3.05, 3.63) is 80.2 Å². The molecule has 0 aliphatic heterocycles. The number of hydrogen-bond acceptors (Lipinski definition) is 6. The molecule has 0 unspecified atom stereocenters. The lowest BCUT2D eigenvalue weighted by molar-refractivity contribution is 0.0475. The first kappa shape index (κ1) is 23.2. The van der Waals surface area contributed by atoms with Crippen molar-refractivity contribution in [3.63, 3.8) is 0 Å². The van der Waals surface area contributed by atoms with E-state index in [1.165, 1.54) is 37.4 Å². The Morgan fingerprint density at radius 1 is 1.06 bits per heavy atom. The Labute approximate surface area is 191 Å². The molecule has 0 radical (unpaired) electrons. The van der Waals surface area contributed by atoms with Crippen molar-refractivity contribution in [3.8, 4) is 0 Å². The van der Waals surface area contributed by atoms with E-state index in [1.54, 1.807) is 6.07 Å². The lowest BCUT2D eigenvalue weighted by Crippen LogP contribution is -2.26. The van der Waals surface area contributed by atoms with Crippen molar-refractivity contribution in [1.29, 1.82) is 0 Å². The van der Waals surface area contributed by atoms with E-state index < -0.39 is 34.2 Å². The summed E-state index contributed by atoms with van der Waals surface area (Å²) >= 11 is 12.9. The fourth-order valence-corrected chi connectivity index (χ4v) is 4.90. The van der Waals surface area contributed by atoms with Gasteiger partial charge >= 0.3 is 5.97 Å². The highest BCUT2D eigenvalue weighted by Crippen LogP contribution is 2.27. The fraction of sp³-hybridized carbons (Fsp3) is 0.100. The van der Waals surface area contributed by atoms with Crippen LogP contribution in [0.3, 0.4) is 0 Å². The molecule has 3 rings (SSSR count). The van der Waals surface area contributed by atoms with Gasteiger partial charge in [0.15, 0.2) is 6.61 Å². The predicted molar refractivity (Wildman–Crippen MR) is 117 cm³/mol. The molecule has 0 amide bonds. The number of thiophene rings is 1. The molecule has 0 saturated carbocycles. The number of carbonyl (C=O) groups excluding carboxylic acids is 2. The van der Waals surface area contributed by atoms with Gasteiger partial charge in [0.1, 0.15) is 5.82 Å². The van der Waals surface area contributed by atoms with E-state index in [0.717, 1.165) is 33.8 Å². The third-order valence-corrected chi connectivity index (χ3v) is 7.57. The second-order valence-electron chi connectivity index (χ2n) is 6.19. The summed E-state index contributed by atoms with van der Waals surface area (Å²) in [6.07, 6.45) is 0. The summed E-state index contributed by atoms with van der Waals surface area (Å²) in [5, 5.41) is -0.0417. The summed E-state index contributed by atoms with van der Waals surface area (Å²) in [4.78, 5) is 24.6. The van der Waals surface area contributed by atoms with E-state index in [9.17, 15) is 22.4 Å². The Kier molecular flexibility index (Phi) is 7.00. The van der Waals surface area contributed by atoms with Crippen LogP contribution in [0, 0.1) is 5.82 Å². The van der Waals surface area contributed by atoms with Crippen molar-refractivity contribution in [2.45, 2.75) is 4.90 Å². The van der Waals surface area contributed by atoms with E-state index in [-0.39, 0.29) is 21.2 Å². The third-order valence-electron chi connectivity index (χ3n) is 4.19. The number of ketones is 1. The number of nitrogens with zero attached hydrogens (tertiary/aromatic N) is 1. The zero-order valence-electron chi connectivity index (χ0n) is 15.8. The second-order valence-corrected chi connectivity index (χ2v) is 10.3. The summed E-state index contributed by atoms with van der Waals surface area (Å²) in [6, 6.07) is 11.5. The van der Waals surface area contributed by atoms with Crippen LogP contribution in [-0.4, -0.2) is 33.8 Å². The SMILES string of the molecule is CN(c1ccc(F)cc1)S(=O)(=O)c1ccc(Cl)c(C(=O)OCC(=O)c2ccc(Cl)s2)c1. The minimum absolute atomic E-state index is 0.0417. The summed E-state index contributed by atoms with van der Waals surface area (Å²) in [7, 11) is -2.79. The molecule has 0 N–H and O–H groups in total. The van der Waals surface area contributed by atoms with E-state index >= 15 is 0 Å². The van der Waals surface area contributed by atoms with Gasteiger partial charge in [-0.3, -0.25) is 9.10 Å². The number of halogens is 3. The molecule has 162 valence electrons. The number of sulfonamides is 1. The Bertz CT molecular complexity index is 1240. The van der Waals surface area contributed by atoms with E-state index in [4.69, 9.17) is 27.9 Å². The molecule has 0 saturated heterocycles. The fourth-order valence-electron chi connectivity index (χ4n) is 2.51. The molecular weight excluding hydrogens is 488 g/mol. The van der Waals surface area contributed by atoms with Crippen LogP contribution < -0.4 is 4.31 Å². The minimum atomic E-state index is -4.08. The smallest absolute Gasteiger partial charge is 0.340 e. The average molecular weight is 502 g/mol.